The average Bonchev–Trinajstić information content (AvgIpc) is 3.13. The maximum absolute atomic E-state index is 12.8. The summed E-state index contributed by atoms with van der Waals surface area (Å²) < 4.78 is 5.93. The van der Waals surface area contributed by atoms with E-state index in [1.807, 2.05) is 55.5 Å². The fourth-order valence-electron chi connectivity index (χ4n) is 3.49. The highest BCUT2D eigenvalue weighted by atomic mass is 16.5. The highest BCUT2D eigenvalue weighted by Gasteiger charge is 2.29. The number of anilines is 2. The number of carbonyl (C=O) groups is 1. The third-order valence-electron chi connectivity index (χ3n) is 5.17. The Morgan fingerprint density at radius 1 is 1.28 bits per heavy atom. The van der Waals surface area contributed by atoms with E-state index in [0.717, 1.165) is 48.6 Å². The normalized spacial score (nSPS) is 14.9. The maximum atomic E-state index is 12.8. The SMILES string of the molecule is C=CCN(C)CCCCOc1ccc2c(c1)C(C(=O)Nc1ccc(C)cc1)CN2. The maximum Gasteiger partial charge on any atom is 0.233 e. The number of unbranched alkanes of at least 4 members (excludes halogenated alkanes) is 1. The van der Waals surface area contributed by atoms with E-state index in [1.54, 1.807) is 0 Å². The molecule has 1 amide bonds. The van der Waals surface area contributed by atoms with Gasteiger partial charge in [-0.05, 0) is 69.3 Å². The van der Waals surface area contributed by atoms with Crippen LogP contribution in [-0.2, 0) is 4.79 Å². The lowest BCUT2D eigenvalue weighted by Gasteiger charge is -2.14. The average molecular weight is 394 g/mol. The number of ether oxygens (including phenoxy) is 1. The number of aryl methyl sites for hydroxylation is 1. The number of hydrogen-bond donors (Lipinski definition) is 2. The van der Waals surface area contributed by atoms with Gasteiger partial charge >= 0.3 is 0 Å². The van der Waals surface area contributed by atoms with Gasteiger partial charge in [0.05, 0.1) is 12.5 Å². The molecule has 0 fully saturated rings. The summed E-state index contributed by atoms with van der Waals surface area (Å²) in [6.45, 7) is 9.01. The fourth-order valence-corrected chi connectivity index (χ4v) is 3.49. The van der Waals surface area contributed by atoms with E-state index < -0.39 is 0 Å². The van der Waals surface area contributed by atoms with E-state index in [-0.39, 0.29) is 11.8 Å². The molecule has 2 N–H and O–H groups in total. The molecule has 0 spiro atoms. The van der Waals surface area contributed by atoms with Crippen molar-refractivity contribution in [3.05, 3.63) is 66.2 Å². The third kappa shape index (κ3) is 5.84. The number of carbonyl (C=O) groups excluding carboxylic acids is 1. The fraction of sp³-hybridized carbons (Fsp3) is 0.375. The van der Waals surface area contributed by atoms with Crippen molar-refractivity contribution >= 4 is 17.3 Å². The summed E-state index contributed by atoms with van der Waals surface area (Å²) in [5, 5.41) is 6.34. The summed E-state index contributed by atoms with van der Waals surface area (Å²) in [4.78, 5) is 15.0. The van der Waals surface area contributed by atoms with Crippen molar-refractivity contribution < 1.29 is 9.53 Å². The molecule has 0 saturated heterocycles. The Labute approximate surface area is 173 Å². The van der Waals surface area contributed by atoms with Crippen LogP contribution in [0.1, 0.15) is 29.9 Å². The van der Waals surface area contributed by atoms with Gasteiger partial charge in [-0.15, -0.1) is 6.58 Å². The zero-order valence-electron chi connectivity index (χ0n) is 17.4. The first-order valence-electron chi connectivity index (χ1n) is 10.2. The minimum atomic E-state index is -0.220. The van der Waals surface area contributed by atoms with Gasteiger partial charge in [-0.2, -0.15) is 0 Å². The molecule has 0 saturated carbocycles. The van der Waals surface area contributed by atoms with Crippen molar-refractivity contribution in [1.82, 2.24) is 4.90 Å². The third-order valence-corrected chi connectivity index (χ3v) is 5.17. The predicted octanol–water partition coefficient (Wildman–Crippen LogP) is 4.42. The van der Waals surface area contributed by atoms with Crippen LogP contribution in [-0.4, -0.2) is 44.1 Å². The van der Waals surface area contributed by atoms with Gasteiger partial charge in [0, 0.05) is 24.5 Å². The minimum Gasteiger partial charge on any atom is -0.494 e. The molecule has 1 unspecified atom stereocenters. The van der Waals surface area contributed by atoms with Crippen molar-refractivity contribution in [2.24, 2.45) is 0 Å². The van der Waals surface area contributed by atoms with Crippen molar-refractivity contribution in [2.45, 2.75) is 25.7 Å². The summed E-state index contributed by atoms with van der Waals surface area (Å²) in [7, 11) is 2.10. The number of nitrogens with zero attached hydrogens (tertiary/aromatic N) is 1. The van der Waals surface area contributed by atoms with Crippen LogP contribution in [0, 0.1) is 6.92 Å². The molecule has 3 rings (SSSR count). The Morgan fingerprint density at radius 3 is 2.83 bits per heavy atom. The molecule has 29 heavy (non-hydrogen) atoms. The molecule has 154 valence electrons. The van der Waals surface area contributed by atoms with E-state index in [4.69, 9.17) is 4.74 Å². The van der Waals surface area contributed by atoms with Crippen molar-refractivity contribution in [2.75, 3.05) is 43.9 Å². The van der Waals surface area contributed by atoms with Gasteiger partial charge in [-0.25, -0.2) is 0 Å². The lowest BCUT2D eigenvalue weighted by atomic mass is 10.00. The Bertz CT molecular complexity index is 833. The van der Waals surface area contributed by atoms with Gasteiger partial charge in [-0.3, -0.25) is 4.79 Å². The number of nitrogens with one attached hydrogen (secondary N) is 2. The Balaban J connectivity index is 1.53. The summed E-state index contributed by atoms with van der Waals surface area (Å²) in [5.41, 5.74) is 4.00. The molecule has 5 nitrogen and oxygen atoms in total. The molecule has 2 aromatic carbocycles. The van der Waals surface area contributed by atoms with Crippen LogP contribution in [0.4, 0.5) is 11.4 Å². The number of benzene rings is 2. The van der Waals surface area contributed by atoms with Crippen LogP contribution in [0.5, 0.6) is 5.75 Å². The predicted molar refractivity (Wildman–Crippen MR) is 120 cm³/mol. The van der Waals surface area contributed by atoms with Crippen LogP contribution >= 0.6 is 0 Å². The van der Waals surface area contributed by atoms with E-state index in [2.05, 4.69) is 29.2 Å². The second kappa shape index (κ2) is 10.1. The smallest absolute Gasteiger partial charge is 0.233 e. The van der Waals surface area contributed by atoms with Gasteiger partial charge in [0.25, 0.3) is 0 Å². The lowest BCUT2D eigenvalue weighted by molar-refractivity contribution is -0.117. The van der Waals surface area contributed by atoms with Gasteiger partial charge in [0.2, 0.25) is 5.91 Å². The van der Waals surface area contributed by atoms with Gasteiger partial charge in [-0.1, -0.05) is 23.8 Å². The second-order valence-electron chi connectivity index (χ2n) is 7.64. The molecule has 1 atom stereocenters. The second-order valence-corrected chi connectivity index (χ2v) is 7.64. The van der Waals surface area contributed by atoms with Crippen molar-refractivity contribution in [3.63, 3.8) is 0 Å². The number of hydrogen-bond acceptors (Lipinski definition) is 4. The summed E-state index contributed by atoms with van der Waals surface area (Å²) in [5.74, 6) is 0.602. The first kappa shape index (κ1) is 20.9. The number of amides is 1. The van der Waals surface area contributed by atoms with Crippen LogP contribution in [0.2, 0.25) is 0 Å². The van der Waals surface area contributed by atoms with Crippen LogP contribution in [0.25, 0.3) is 0 Å². The van der Waals surface area contributed by atoms with E-state index in [1.165, 1.54) is 5.56 Å². The molecule has 2 aromatic rings. The highest BCUT2D eigenvalue weighted by Crippen LogP contribution is 2.35. The van der Waals surface area contributed by atoms with Crippen LogP contribution in [0.3, 0.4) is 0 Å². The molecular weight excluding hydrogens is 362 g/mol. The Morgan fingerprint density at radius 2 is 2.07 bits per heavy atom. The monoisotopic (exact) mass is 393 g/mol. The molecule has 1 heterocycles. The molecule has 1 aliphatic rings. The molecule has 0 aliphatic carbocycles. The van der Waals surface area contributed by atoms with Crippen LogP contribution in [0.15, 0.2) is 55.1 Å². The highest BCUT2D eigenvalue weighted by molar-refractivity contribution is 5.98. The summed E-state index contributed by atoms with van der Waals surface area (Å²) >= 11 is 0. The van der Waals surface area contributed by atoms with Gasteiger partial charge in [0.1, 0.15) is 5.75 Å². The van der Waals surface area contributed by atoms with Crippen LogP contribution < -0.4 is 15.4 Å². The molecular formula is C24H31N3O2. The van der Waals surface area contributed by atoms with Gasteiger partial charge < -0.3 is 20.3 Å². The largest absolute Gasteiger partial charge is 0.494 e. The molecule has 1 aliphatic heterocycles. The quantitative estimate of drug-likeness (QED) is 0.463. The molecule has 0 bridgehead atoms. The molecule has 0 radical (unpaired) electrons. The first-order chi connectivity index (χ1) is 14.1. The molecule has 0 aromatic heterocycles. The van der Waals surface area contributed by atoms with E-state index in [9.17, 15) is 4.79 Å². The number of fused-ring (bicyclic) bond motifs is 1. The number of rotatable bonds is 10. The Kier molecular flexibility index (Phi) is 7.30. The number of likely N-dealkylation sites (N-methyl/N-ethyl adjacent to an activating group) is 1. The van der Waals surface area contributed by atoms with E-state index in [0.29, 0.717) is 13.2 Å². The standard InChI is InChI=1S/C24H31N3O2/c1-4-13-27(3)14-5-6-15-29-20-11-12-23-21(16-20)22(17-25-23)24(28)26-19-9-7-18(2)8-10-19/h4,7-12,16,22,25H,1,5-6,13-15,17H2,2-3H3,(H,26,28). The molecule has 5 heteroatoms. The summed E-state index contributed by atoms with van der Waals surface area (Å²) in [6, 6.07) is 13.8. The van der Waals surface area contributed by atoms with Gasteiger partial charge in [0.15, 0.2) is 0 Å². The zero-order valence-corrected chi connectivity index (χ0v) is 17.4. The van der Waals surface area contributed by atoms with E-state index >= 15 is 0 Å². The summed E-state index contributed by atoms with van der Waals surface area (Å²) in [6.07, 6.45) is 3.99. The van der Waals surface area contributed by atoms with Crippen molar-refractivity contribution in [1.29, 1.82) is 0 Å². The van der Waals surface area contributed by atoms with Crippen molar-refractivity contribution in [3.8, 4) is 5.75 Å². The zero-order chi connectivity index (χ0) is 20.6. The topological polar surface area (TPSA) is 53.6 Å². The minimum absolute atomic E-state index is 0.00232. The Hall–Kier alpha value is -2.79. The lowest BCUT2D eigenvalue weighted by Crippen LogP contribution is -2.22. The first-order valence-corrected chi connectivity index (χ1v) is 10.2.